The Hall–Kier alpha value is -5.60. The lowest BCUT2D eigenvalue weighted by molar-refractivity contribution is 0.660. The molecule has 0 bridgehead atoms. The molecule has 0 amide bonds. The quantitative estimate of drug-likeness (QED) is 0.155. The molecule has 0 saturated heterocycles. The Balaban J connectivity index is 1.36. The van der Waals surface area contributed by atoms with Crippen LogP contribution < -0.4 is 0 Å². The van der Waals surface area contributed by atoms with Crippen molar-refractivity contribution in [2.45, 2.75) is 19.3 Å². The van der Waals surface area contributed by atoms with Gasteiger partial charge in [0.1, 0.15) is 0 Å². The normalized spacial score (nSPS) is 13.3. The van der Waals surface area contributed by atoms with Gasteiger partial charge in [0.25, 0.3) is 0 Å². The minimum atomic E-state index is -0.0925. The third kappa shape index (κ3) is 3.96. The van der Waals surface area contributed by atoms with Crippen LogP contribution in [0, 0.1) is 0 Å². The molecule has 1 heterocycles. The lowest BCUT2D eigenvalue weighted by atomic mass is 9.82. The van der Waals surface area contributed by atoms with Gasteiger partial charge in [-0.3, -0.25) is 0 Å². The van der Waals surface area contributed by atoms with Crippen LogP contribution in [0.3, 0.4) is 0 Å². The standard InChI is InChI=1S/C43H30N2/c1-43(2)36-19-11-10-18-34(36)35-23-22-30(25-37(35)43)38-26-39(45-42(44-38)28-13-4-3-5-14-28)41-33-17-9-7-15-29(33)24-31-21-20-27-12-6-8-16-32(27)40(31)41/h3-26H,1-2H3. The van der Waals surface area contributed by atoms with E-state index in [0.29, 0.717) is 0 Å². The van der Waals surface area contributed by atoms with E-state index in [2.05, 4.69) is 153 Å². The molecule has 212 valence electrons. The highest BCUT2D eigenvalue weighted by Gasteiger charge is 2.35. The van der Waals surface area contributed by atoms with E-state index in [1.165, 1.54) is 54.6 Å². The molecular formula is C43H30N2. The highest BCUT2D eigenvalue weighted by Crippen LogP contribution is 2.49. The second-order valence-electron chi connectivity index (χ2n) is 12.6. The van der Waals surface area contributed by atoms with E-state index >= 15 is 0 Å². The number of nitrogens with zero attached hydrogens (tertiary/aromatic N) is 2. The van der Waals surface area contributed by atoms with E-state index in [1.54, 1.807) is 0 Å². The van der Waals surface area contributed by atoms with Crippen molar-refractivity contribution < 1.29 is 0 Å². The van der Waals surface area contributed by atoms with Crippen molar-refractivity contribution >= 4 is 32.3 Å². The lowest BCUT2D eigenvalue weighted by Crippen LogP contribution is -2.14. The van der Waals surface area contributed by atoms with Gasteiger partial charge in [-0.2, -0.15) is 0 Å². The molecule has 0 aliphatic heterocycles. The van der Waals surface area contributed by atoms with Crippen molar-refractivity contribution in [3.05, 3.63) is 157 Å². The van der Waals surface area contributed by atoms with Crippen LogP contribution in [0.2, 0.25) is 0 Å². The molecule has 0 spiro atoms. The number of rotatable bonds is 3. The summed E-state index contributed by atoms with van der Waals surface area (Å²) in [7, 11) is 0. The van der Waals surface area contributed by atoms with E-state index in [-0.39, 0.29) is 5.41 Å². The third-order valence-electron chi connectivity index (χ3n) is 9.65. The molecule has 7 aromatic carbocycles. The molecule has 0 radical (unpaired) electrons. The second-order valence-corrected chi connectivity index (χ2v) is 12.6. The molecule has 8 aromatic rings. The van der Waals surface area contributed by atoms with Gasteiger partial charge in [0.15, 0.2) is 5.82 Å². The summed E-state index contributed by atoms with van der Waals surface area (Å²) in [4.78, 5) is 10.6. The topological polar surface area (TPSA) is 25.8 Å². The van der Waals surface area contributed by atoms with Crippen LogP contribution in [-0.4, -0.2) is 9.97 Å². The molecule has 2 heteroatoms. The van der Waals surface area contributed by atoms with Gasteiger partial charge in [-0.05, 0) is 72.8 Å². The maximum absolute atomic E-state index is 5.33. The fraction of sp³-hybridized carbons (Fsp3) is 0.0698. The monoisotopic (exact) mass is 574 g/mol. The molecular weight excluding hydrogens is 544 g/mol. The molecule has 0 unspecified atom stereocenters. The smallest absolute Gasteiger partial charge is 0.160 e. The predicted octanol–water partition coefficient (Wildman–Crippen LogP) is 11.2. The molecule has 0 atom stereocenters. The van der Waals surface area contributed by atoms with E-state index in [1.807, 2.05) is 6.07 Å². The first-order valence-electron chi connectivity index (χ1n) is 15.6. The van der Waals surface area contributed by atoms with Crippen LogP contribution in [0.1, 0.15) is 25.0 Å². The van der Waals surface area contributed by atoms with Crippen LogP contribution in [0.4, 0.5) is 0 Å². The minimum Gasteiger partial charge on any atom is -0.228 e. The number of fused-ring (bicyclic) bond motifs is 7. The average molecular weight is 575 g/mol. The summed E-state index contributed by atoms with van der Waals surface area (Å²) in [5.74, 6) is 0.729. The molecule has 1 aliphatic rings. The summed E-state index contributed by atoms with van der Waals surface area (Å²) in [6, 6.07) is 52.3. The fourth-order valence-corrected chi connectivity index (χ4v) is 7.41. The first-order valence-corrected chi connectivity index (χ1v) is 15.6. The largest absolute Gasteiger partial charge is 0.228 e. The Bertz CT molecular complexity index is 2450. The van der Waals surface area contributed by atoms with Crippen molar-refractivity contribution in [3.8, 4) is 45.0 Å². The first-order chi connectivity index (χ1) is 22.1. The minimum absolute atomic E-state index is 0.0925. The van der Waals surface area contributed by atoms with Gasteiger partial charge in [0, 0.05) is 22.1 Å². The Morgan fingerprint density at radius 2 is 1.11 bits per heavy atom. The molecule has 2 nitrogen and oxygen atoms in total. The van der Waals surface area contributed by atoms with Gasteiger partial charge >= 0.3 is 0 Å². The Morgan fingerprint density at radius 3 is 1.98 bits per heavy atom. The molecule has 0 saturated carbocycles. The molecule has 1 aromatic heterocycles. The van der Waals surface area contributed by atoms with Gasteiger partial charge in [-0.1, -0.05) is 141 Å². The zero-order valence-corrected chi connectivity index (χ0v) is 25.3. The first kappa shape index (κ1) is 25.9. The maximum atomic E-state index is 5.33. The SMILES string of the molecule is CC1(C)c2ccccc2-c2ccc(-c3cc(-c4c5ccccc5cc5ccc6ccccc6c45)nc(-c4ccccc4)n3)cc21. The highest BCUT2D eigenvalue weighted by atomic mass is 14.9. The Labute approximate surface area is 262 Å². The van der Waals surface area contributed by atoms with Crippen molar-refractivity contribution in [1.82, 2.24) is 9.97 Å². The van der Waals surface area contributed by atoms with E-state index < -0.39 is 0 Å². The van der Waals surface area contributed by atoms with Crippen LogP contribution in [0.5, 0.6) is 0 Å². The zero-order chi connectivity index (χ0) is 30.1. The highest BCUT2D eigenvalue weighted by molar-refractivity contribution is 6.21. The van der Waals surface area contributed by atoms with E-state index in [4.69, 9.17) is 9.97 Å². The van der Waals surface area contributed by atoms with Crippen molar-refractivity contribution in [2.24, 2.45) is 0 Å². The van der Waals surface area contributed by atoms with Crippen LogP contribution in [0.25, 0.3) is 77.3 Å². The number of benzene rings is 7. The number of hydrogen-bond acceptors (Lipinski definition) is 2. The summed E-state index contributed by atoms with van der Waals surface area (Å²) in [6.45, 7) is 4.66. The Kier molecular flexibility index (Phi) is 5.58. The second kappa shape index (κ2) is 9.70. The molecule has 1 aliphatic carbocycles. The summed E-state index contributed by atoms with van der Waals surface area (Å²) >= 11 is 0. The molecule has 0 fully saturated rings. The maximum Gasteiger partial charge on any atom is 0.160 e. The zero-order valence-electron chi connectivity index (χ0n) is 25.3. The Morgan fingerprint density at radius 1 is 0.444 bits per heavy atom. The lowest BCUT2D eigenvalue weighted by Gasteiger charge is -2.22. The van der Waals surface area contributed by atoms with Crippen LogP contribution >= 0.6 is 0 Å². The van der Waals surface area contributed by atoms with E-state index in [9.17, 15) is 0 Å². The summed E-state index contributed by atoms with van der Waals surface area (Å²) < 4.78 is 0. The molecule has 45 heavy (non-hydrogen) atoms. The van der Waals surface area contributed by atoms with E-state index in [0.717, 1.165) is 33.9 Å². The molecule has 9 rings (SSSR count). The summed E-state index contributed by atoms with van der Waals surface area (Å²) in [6.07, 6.45) is 0. The van der Waals surface area contributed by atoms with Gasteiger partial charge in [0.05, 0.1) is 11.4 Å². The fourth-order valence-electron chi connectivity index (χ4n) is 7.41. The number of hydrogen-bond donors (Lipinski definition) is 0. The summed E-state index contributed by atoms with van der Waals surface area (Å²) in [5, 5.41) is 7.28. The van der Waals surface area contributed by atoms with Gasteiger partial charge in [0.2, 0.25) is 0 Å². The van der Waals surface area contributed by atoms with Gasteiger partial charge in [-0.25, -0.2) is 9.97 Å². The van der Waals surface area contributed by atoms with Gasteiger partial charge in [-0.15, -0.1) is 0 Å². The predicted molar refractivity (Wildman–Crippen MR) is 188 cm³/mol. The third-order valence-corrected chi connectivity index (χ3v) is 9.65. The van der Waals surface area contributed by atoms with Crippen molar-refractivity contribution in [3.63, 3.8) is 0 Å². The summed E-state index contributed by atoms with van der Waals surface area (Å²) in [5.41, 5.74) is 10.4. The van der Waals surface area contributed by atoms with Crippen LogP contribution in [-0.2, 0) is 5.41 Å². The van der Waals surface area contributed by atoms with Gasteiger partial charge < -0.3 is 0 Å². The van der Waals surface area contributed by atoms with Crippen molar-refractivity contribution in [2.75, 3.05) is 0 Å². The van der Waals surface area contributed by atoms with Crippen LogP contribution in [0.15, 0.2) is 146 Å². The molecule has 0 N–H and O–H groups in total. The average Bonchev–Trinajstić information content (AvgIpc) is 3.33. The van der Waals surface area contributed by atoms with Crippen molar-refractivity contribution in [1.29, 1.82) is 0 Å². The number of aromatic nitrogens is 2.